The first-order valence-electron chi connectivity index (χ1n) is 9.60. The van der Waals surface area contributed by atoms with E-state index in [4.69, 9.17) is 40.2 Å². The number of hydrogen-bond acceptors (Lipinski definition) is 5. The van der Waals surface area contributed by atoms with Gasteiger partial charge >= 0.3 is 0 Å². The molecule has 0 saturated carbocycles. The predicted molar refractivity (Wildman–Crippen MR) is 130 cm³/mol. The molecule has 3 aromatic carbocycles. The molecule has 0 saturated heterocycles. The summed E-state index contributed by atoms with van der Waals surface area (Å²) in [6, 6.07) is 17.8. The van der Waals surface area contributed by atoms with E-state index in [0.717, 1.165) is 4.90 Å². The topological polar surface area (TPSA) is 87.7 Å². The molecule has 166 valence electrons. The summed E-state index contributed by atoms with van der Waals surface area (Å²) in [6.07, 6.45) is 0. The van der Waals surface area contributed by atoms with Crippen molar-refractivity contribution < 1.29 is 19.1 Å². The first-order chi connectivity index (χ1) is 15.8. The van der Waals surface area contributed by atoms with Gasteiger partial charge in [-0.15, -0.1) is 0 Å². The maximum absolute atomic E-state index is 12.6. The van der Waals surface area contributed by atoms with Crippen LogP contribution >= 0.6 is 35.4 Å². The van der Waals surface area contributed by atoms with Crippen LogP contribution in [0.1, 0.15) is 20.7 Å². The molecule has 1 heterocycles. The van der Waals surface area contributed by atoms with Crippen molar-refractivity contribution in [3.63, 3.8) is 0 Å². The quantitative estimate of drug-likeness (QED) is 0.391. The average molecular weight is 500 g/mol. The van der Waals surface area contributed by atoms with Crippen molar-refractivity contribution in [2.45, 2.75) is 0 Å². The van der Waals surface area contributed by atoms with Crippen molar-refractivity contribution in [1.82, 2.24) is 5.32 Å². The number of halogens is 2. The molecule has 33 heavy (non-hydrogen) atoms. The fraction of sp³-hybridized carbons (Fsp3) is 0.0435. The molecule has 3 aromatic rings. The molecule has 0 aromatic heterocycles. The van der Waals surface area contributed by atoms with Gasteiger partial charge in [0.25, 0.3) is 17.7 Å². The number of fused-ring (bicyclic) bond motifs is 1. The van der Waals surface area contributed by atoms with Gasteiger partial charge in [-0.05, 0) is 66.8 Å². The minimum absolute atomic E-state index is 0.00934. The highest BCUT2D eigenvalue weighted by Crippen LogP contribution is 2.32. The van der Waals surface area contributed by atoms with Crippen molar-refractivity contribution >= 4 is 69.6 Å². The minimum atomic E-state index is -0.471. The first kappa shape index (κ1) is 22.7. The number of ether oxygens (including phenoxy) is 1. The van der Waals surface area contributed by atoms with Gasteiger partial charge in [0.05, 0.1) is 27.5 Å². The lowest BCUT2D eigenvalue weighted by Crippen LogP contribution is -2.37. The van der Waals surface area contributed by atoms with Crippen LogP contribution in [0.3, 0.4) is 0 Å². The van der Waals surface area contributed by atoms with Gasteiger partial charge < -0.3 is 10.1 Å². The molecule has 0 bridgehead atoms. The standard InChI is InChI=1S/C23H15Cl2N3O4S/c24-13-5-8-15(9-6-13)32-12-20(29)27-23(33)26-19-10-7-14(11-18(19)25)28-21(30)16-3-1-2-4-17(16)22(28)31/h1-11H,12H2,(H2,26,27,29,33). The molecule has 0 fully saturated rings. The Morgan fingerprint density at radius 2 is 1.58 bits per heavy atom. The zero-order valence-corrected chi connectivity index (χ0v) is 19.1. The van der Waals surface area contributed by atoms with E-state index in [1.807, 2.05) is 0 Å². The van der Waals surface area contributed by atoms with Crippen molar-refractivity contribution in [2.75, 3.05) is 16.8 Å². The second kappa shape index (κ2) is 9.58. The van der Waals surface area contributed by atoms with Crippen LogP contribution in [0, 0.1) is 0 Å². The summed E-state index contributed by atoms with van der Waals surface area (Å²) < 4.78 is 5.36. The predicted octanol–water partition coefficient (Wildman–Crippen LogP) is 4.69. The maximum atomic E-state index is 12.6. The highest BCUT2D eigenvalue weighted by molar-refractivity contribution is 7.80. The number of nitrogens with zero attached hydrogens (tertiary/aromatic N) is 1. The van der Waals surface area contributed by atoms with Crippen LogP contribution in [0.2, 0.25) is 10.0 Å². The Kier molecular flexibility index (Phi) is 6.60. The molecule has 0 atom stereocenters. The summed E-state index contributed by atoms with van der Waals surface area (Å²) in [7, 11) is 0. The molecule has 0 radical (unpaired) electrons. The van der Waals surface area contributed by atoms with Gasteiger partial charge in [0, 0.05) is 5.02 Å². The molecular formula is C23H15Cl2N3O4S. The third-order valence-corrected chi connectivity index (χ3v) is 5.46. The van der Waals surface area contributed by atoms with E-state index in [2.05, 4.69) is 10.6 Å². The molecule has 0 unspecified atom stereocenters. The van der Waals surface area contributed by atoms with Gasteiger partial charge in [-0.1, -0.05) is 35.3 Å². The van der Waals surface area contributed by atoms with Gasteiger partial charge in [-0.3, -0.25) is 19.7 Å². The fourth-order valence-corrected chi connectivity index (χ4v) is 3.74. The number of imide groups is 1. The lowest BCUT2D eigenvalue weighted by Gasteiger charge is -2.16. The van der Waals surface area contributed by atoms with E-state index in [-0.39, 0.29) is 16.7 Å². The van der Waals surface area contributed by atoms with Crippen LogP contribution in [0.4, 0.5) is 11.4 Å². The van der Waals surface area contributed by atoms with Crippen LogP contribution in [-0.2, 0) is 4.79 Å². The highest BCUT2D eigenvalue weighted by atomic mass is 35.5. The Morgan fingerprint density at radius 3 is 2.18 bits per heavy atom. The molecule has 10 heteroatoms. The molecule has 0 spiro atoms. The van der Waals surface area contributed by atoms with Crippen molar-refractivity contribution in [3.8, 4) is 5.75 Å². The van der Waals surface area contributed by atoms with E-state index in [0.29, 0.717) is 33.3 Å². The number of rotatable bonds is 5. The van der Waals surface area contributed by atoms with Gasteiger partial charge in [-0.2, -0.15) is 0 Å². The van der Waals surface area contributed by atoms with Crippen LogP contribution in [0.5, 0.6) is 5.75 Å². The summed E-state index contributed by atoms with van der Waals surface area (Å²) in [5.41, 5.74) is 1.39. The van der Waals surface area contributed by atoms with Crippen LogP contribution in [-0.4, -0.2) is 29.4 Å². The molecular weight excluding hydrogens is 485 g/mol. The lowest BCUT2D eigenvalue weighted by molar-refractivity contribution is -0.121. The van der Waals surface area contributed by atoms with Gasteiger partial charge in [0.2, 0.25) is 0 Å². The smallest absolute Gasteiger partial charge is 0.266 e. The second-order valence-electron chi connectivity index (χ2n) is 6.90. The molecule has 1 aliphatic rings. The summed E-state index contributed by atoms with van der Waals surface area (Å²) >= 11 is 17.3. The van der Waals surface area contributed by atoms with Gasteiger partial charge in [-0.25, -0.2) is 4.90 Å². The van der Waals surface area contributed by atoms with E-state index in [1.165, 1.54) is 6.07 Å². The zero-order valence-electron chi connectivity index (χ0n) is 16.8. The van der Waals surface area contributed by atoms with E-state index in [1.54, 1.807) is 60.7 Å². The monoisotopic (exact) mass is 499 g/mol. The first-order valence-corrected chi connectivity index (χ1v) is 10.8. The Morgan fingerprint density at radius 1 is 0.939 bits per heavy atom. The summed E-state index contributed by atoms with van der Waals surface area (Å²) in [6.45, 7) is -0.254. The van der Waals surface area contributed by atoms with Crippen LogP contribution in [0.15, 0.2) is 66.7 Å². The number of anilines is 2. The second-order valence-corrected chi connectivity index (χ2v) is 8.15. The fourth-order valence-electron chi connectivity index (χ4n) is 3.16. The molecule has 0 aliphatic carbocycles. The van der Waals surface area contributed by atoms with Crippen LogP contribution in [0.25, 0.3) is 0 Å². The number of carbonyl (C=O) groups excluding carboxylic acids is 3. The zero-order chi connectivity index (χ0) is 23.5. The van der Waals surface area contributed by atoms with Gasteiger partial charge in [0.15, 0.2) is 11.7 Å². The third-order valence-electron chi connectivity index (χ3n) is 4.69. The molecule has 2 N–H and O–H groups in total. The number of amides is 3. The number of hydrogen-bond donors (Lipinski definition) is 2. The molecule has 3 amide bonds. The Balaban J connectivity index is 1.37. The van der Waals surface area contributed by atoms with E-state index >= 15 is 0 Å². The molecule has 4 rings (SSSR count). The Labute approximate surface area is 204 Å². The van der Waals surface area contributed by atoms with Gasteiger partial charge in [0.1, 0.15) is 5.75 Å². The minimum Gasteiger partial charge on any atom is -0.484 e. The lowest BCUT2D eigenvalue weighted by atomic mass is 10.1. The molecule has 1 aliphatic heterocycles. The SMILES string of the molecule is O=C(COc1ccc(Cl)cc1)NC(=S)Nc1ccc(N2C(=O)c3ccccc3C2=O)cc1Cl. The Bertz CT molecular complexity index is 1250. The summed E-state index contributed by atoms with van der Waals surface area (Å²) in [4.78, 5) is 38.4. The van der Waals surface area contributed by atoms with E-state index in [9.17, 15) is 14.4 Å². The average Bonchev–Trinajstić information content (AvgIpc) is 3.05. The maximum Gasteiger partial charge on any atom is 0.266 e. The Hall–Kier alpha value is -3.46. The van der Waals surface area contributed by atoms with Crippen molar-refractivity contribution in [2.24, 2.45) is 0 Å². The number of thiocarbonyl (C=S) groups is 1. The normalized spacial score (nSPS) is 12.4. The molecule has 7 nitrogen and oxygen atoms in total. The number of benzene rings is 3. The largest absolute Gasteiger partial charge is 0.484 e. The summed E-state index contributed by atoms with van der Waals surface area (Å²) in [5, 5.41) is 6.07. The summed E-state index contributed by atoms with van der Waals surface area (Å²) in [5.74, 6) is -0.826. The van der Waals surface area contributed by atoms with Crippen molar-refractivity contribution in [1.29, 1.82) is 0 Å². The number of carbonyl (C=O) groups is 3. The number of nitrogens with one attached hydrogen (secondary N) is 2. The highest BCUT2D eigenvalue weighted by Gasteiger charge is 2.36. The van der Waals surface area contributed by atoms with Crippen molar-refractivity contribution in [3.05, 3.63) is 87.9 Å². The third kappa shape index (κ3) is 4.98. The van der Waals surface area contributed by atoms with Crippen LogP contribution < -0.4 is 20.3 Å². The van der Waals surface area contributed by atoms with E-state index < -0.39 is 17.7 Å².